The highest BCUT2D eigenvalue weighted by atomic mass is 16.2. The van der Waals surface area contributed by atoms with Crippen molar-refractivity contribution in [2.45, 2.75) is 45.2 Å². The fraction of sp³-hybridized carbons (Fsp3) is 0.562. The van der Waals surface area contributed by atoms with Crippen LogP contribution in [-0.2, 0) is 11.3 Å². The largest absolute Gasteiger partial charge is 0.339 e. The van der Waals surface area contributed by atoms with Crippen molar-refractivity contribution < 1.29 is 4.79 Å². The van der Waals surface area contributed by atoms with Crippen LogP contribution in [0.2, 0.25) is 0 Å². The predicted molar refractivity (Wildman–Crippen MR) is 77.5 cm³/mol. The van der Waals surface area contributed by atoms with Crippen LogP contribution in [0.5, 0.6) is 0 Å². The molecule has 0 aliphatic heterocycles. The number of hydrogen-bond acceptors (Lipinski definition) is 2. The van der Waals surface area contributed by atoms with Gasteiger partial charge in [0.1, 0.15) is 0 Å². The second kappa shape index (κ2) is 6.71. The lowest BCUT2D eigenvalue weighted by atomic mass is 9.99. The maximum atomic E-state index is 12.4. The molecule has 0 heterocycles. The SMILES string of the molecule is CCN(Cc1ccccc1)C(=O)C[C@@H]1CCC[C@H]1N. The first-order valence-electron chi connectivity index (χ1n) is 7.28. The molecule has 1 aromatic rings. The third-order valence-corrected chi connectivity index (χ3v) is 4.11. The summed E-state index contributed by atoms with van der Waals surface area (Å²) in [4.78, 5) is 14.3. The number of carbonyl (C=O) groups excluding carboxylic acids is 1. The minimum Gasteiger partial charge on any atom is -0.339 e. The summed E-state index contributed by atoms with van der Waals surface area (Å²) in [6.45, 7) is 3.50. The number of nitrogens with two attached hydrogens (primary N) is 1. The van der Waals surface area contributed by atoms with Gasteiger partial charge in [0.2, 0.25) is 5.91 Å². The molecule has 3 heteroatoms. The second-order valence-electron chi connectivity index (χ2n) is 5.45. The first kappa shape index (κ1) is 14.1. The van der Waals surface area contributed by atoms with Gasteiger partial charge < -0.3 is 10.6 Å². The molecule has 1 aliphatic rings. The second-order valence-corrected chi connectivity index (χ2v) is 5.45. The summed E-state index contributed by atoms with van der Waals surface area (Å²) in [6, 6.07) is 10.4. The maximum absolute atomic E-state index is 12.4. The maximum Gasteiger partial charge on any atom is 0.223 e. The van der Waals surface area contributed by atoms with E-state index in [2.05, 4.69) is 12.1 Å². The molecule has 1 fully saturated rings. The third-order valence-electron chi connectivity index (χ3n) is 4.11. The highest BCUT2D eigenvalue weighted by Gasteiger charge is 2.27. The van der Waals surface area contributed by atoms with Gasteiger partial charge in [-0.15, -0.1) is 0 Å². The van der Waals surface area contributed by atoms with Crippen LogP contribution < -0.4 is 5.73 Å². The average Bonchev–Trinajstić information content (AvgIpc) is 2.82. The topological polar surface area (TPSA) is 46.3 Å². The first-order valence-corrected chi connectivity index (χ1v) is 7.28. The van der Waals surface area contributed by atoms with Crippen LogP contribution in [0.1, 0.15) is 38.2 Å². The quantitative estimate of drug-likeness (QED) is 0.884. The average molecular weight is 260 g/mol. The molecule has 1 saturated carbocycles. The van der Waals surface area contributed by atoms with Crippen molar-refractivity contribution in [2.24, 2.45) is 11.7 Å². The summed E-state index contributed by atoms with van der Waals surface area (Å²) in [5.41, 5.74) is 7.24. The van der Waals surface area contributed by atoms with E-state index in [0.717, 1.165) is 19.4 Å². The fourth-order valence-electron chi connectivity index (χ4n) is 2.85. The van der Waals surface area contributed by atoms with Crippen molar-refractivity contribution in [3.8, 4) is 0 Å². The molecule has 0 radical (unpaired) electrons. The van der Waals surface area contributed by atoms with E-state index in [9.17, 15) is 4.79 Å². The van der Waals surface area contributed by atoms with Crippen LogP contribution in [0.25, 0.3) is 0 Å². The van der Waals surface area contributed by atoms with Gasteiger partial charge in [-0.3, -0.25) is 4.79 Å². The summed E-state index contributed by atoms with van der Waals surface area (Å²) in [5.74, 6) is 0.631. The lowest BCUT2D eigenvalue weighted by molar-refractivity contribution is -0.132. The van der Waals surface area contributed by atoms with E-state index in [1.807, 2.05) is 30.0 Å². The van der Waals surface area contributed by atoms with Crippen LogP contribution >= 0.6 is 0 Å². The Morgan fingerprint density at radius 1 is 1.32 bits per heavy atom. The van der Waals surface area contributed by atoms with Crippen molar-refractivity contribution in [1.82, 2.24) is 4.90 Å². The Hall–Kier alpha value is -1.35. The summed E-state index contributed by atoms with van der Waals surface area (Å²) in [7, 11) is 0. The van der Waals surface area contributed by atoms with E-state index in [1.54, 1.807) is 0 Å². The molecule has 0 bridgehead atoms. The molecular weight excluding hydrogens is 236 g/mol. The van der Waals surface area contributed by atoms with Gasteiger partial charge in [-0.2, -0.15) is 0 Å². The van der Waals surface area contributed by atoms with Gasteiger partial charge >= 0.3 is 0 Å². The van der Waals surface area contributed by atoms with Gasteiger partial charge in [-0.25, -0.2) is 0 Å². The number of rotatable bonds is 5. The van der Waals surface area contributed by atoms with Crippen molar-refractivity contribution in [1.29, 1.82) is 0 Å². The normalized spacial score (nSPS) is 22.4. The standard InChI is InChI=1S/C16H24N2O/c1-2-18(12-13-7-4-3-5-8-13)16(19)11-14-9-6-10-15(14)17/h3-5,7-8,14-15H,2,6,9-12,17H2,1H3/t14-,15+/m0/s1. The summed E-state index contributed by atoms with van der Waals surface area (Å²) < 4.78 is 0. The van der Waals surface area contributed by atoms with E-state index in [4.69, 9.17) is 5.73 Å². The minimum absolute atomic E-state index is 0.222. The molecule has 19 heavy (non-hydrogen) atoms. The van der Waals surface area contributed by atoms with E-state index in [1.165, 1.54) is 12.0 Å². The molecule has 0 unspecified atom stereocenters. The van der Waals surface area contributed by atoms with Gasteiger partial charge in [0.25, 0.3) is 0 Å². The van der Waals surface area contributed by atoms with Gasteiger partial charge in [-0.1, -0.05) is 36.8 Å². The molecule has 2 N–H and O–H groups in total. The van der Waals surface area contributed by atoms with E-state index in [-0.39, 0.29) is 11.9 Å². The van der Waals surface area contributed by atoms with Crippen LogP contribution in [0, 0.1) is 5.92 Å². The van der Waals surface area contributed by atoms with Crippen LogP contribution in [0.4, 0.5) is 0 Å². The van der Waals surface area contributed by atoms with Gasteiger partial charge in [-0.05, 0) is 31.2 Å². The summed E-state index contributed by atoms with van der Waals surface area (Å²) in [6.07, 6.45) is 3.96. The molecule has 0 aromatic heterocycles. The molecule has 1 aromatic carbocycles. The number of nitrogens with zero attached hydrogens (tertiary/aromatic N) is 1. The van der Waals surface area contributed by atoms with Crippen LogP contribution in [-0.4, -0.2) is 23.4 Å². The molecule has 0 saturated heterocycles. The van der Waals surface area contributed by atoms with E-state index >= 15 is 0 Å². The van der Waals surface area contributed by atoms with Crippen molar-refractivity contribution in [3.05, 3.63) is 35.9 Å². The zero-order valence-corrected chi connectivity index (χ0v) is 11.7. The predicted octanol–water partition coefficient (Wildman–Crippen LogP) is 2.55. The van der Waals surface area contributed by atoms with Crippen LogP contribution in [0.3, 0.4) is 0 Å². The van der Waals surface area contributed by atoms with Crippen molar-refractivity contribution >= 4 is 5.91 Å². The summed E-state index contributed by atoms with van der Waals surface area (Å²) >= 11 is 0. The highest BCUT2D eigenvalue weighted by Crippen LogP contribution is 2.27. The van der Waals surface area contributed by atoms with Crippen molar-refractivity contribution in [3.63, 3.8) is 0 Å². The summed E-state index contributed by atoms with van der Waals surface area (Å²) in [5, 5.41) is 0. The number of benzene rings is 1. The zero-order chi connectivity index (χ0) is 13.7. The molecule has 104 valence electrons. The van der Waals surface area contributed by atoms with Crippen molar-refractivity contribution in [2.75, 3.05) is 6.54 Å². The van der Waals surface area contributed by atoms with E-state index < -0.39 is 0 Å². The number of hydrogen-bond donors (Lipinski definition) is 1. The Labute approximate surface area is 115 Å². The number of amides is 1. The Morgan fingerprint density at radius 2 is 2.05 bits per heavy atom. The fourth-order valence-corrected chi connectivity index (χ4v) is 2.85. The molecule has 1 aliphatic carbocycles. The lowest BCUT2D eigenvalue weighted by Crippen LogP contribution is -2.34. The lowest BCUT2D eigenvalue weighted by Gasteiger charge is -2.24. The molecule has 2 atom stereocenters. The van der Waals surface area contributed by atoms with E-state index in [0.29, 0.717) is 18.9 Å². The smallest absolute Gasteiger partial charge is 0.223 e. The monoisotopic (exact) mass is 260 g/mol. The van der Waals surface area contributed by atoms with Crippen LogP contribution in [0.15, 0.2) is 30.3 Å². The zero-order valence-electron chi connectivity index (χ0n) is 11.7. The molecule has 0 spiro atoms. The molecule has 2 rings (SSSR count). The molecular formula is C16H24N2O. The minimum atomic E-state index is 0.222. The van der Waals surface area contributed by atoms with Gasteiger partial charge in [0.15, 0.2) is 0 Å². The first-order chi connectivity index (χ1) is 9.20. The highest BCUT2D eigenvalue weighted by molar-refractivity contribution is 5.76. The molecule has 1 amide bonds. The number of carbonyl (C=O) groups is 1. The van der Waals surface area contributed by atoms with Gasteiger partial charge in [0.05, 0.1) is 0 Å². The Morgan fingerprint density at radius 3 is 2.63 bits per heavy atom. The third kappa shape index (κ3) is 3.80. The van der Waals surface area contributed by atoms with Gasteiger partial charge in [0, 0.05) is 25.6 Å². The Kier molecular flexibility index (Phi) is 4.97. The Bertz CT molecular complexity index is 404. The Balaban J connectivity index is 1.91. The molecule has 3 nitrogen and oxygen atoms in total.